The minimum absolute atomic E-state index is 0.0245. The summed E-state index contributed by atoms with van der Waals surface area (Å²) in [6, 6.07) is -0.0245. The van der Waals surface area contributed by atoms with E-state index in [4.69, 9.17) is 5.73 Å². The van der Waals surface area contributed by atoms with Gasteiger partial charge in [0, 0.05) is 22.9 Å². The lowest BCUT2D eigenvalue weighted by molar-refractivity contribution is 0.551. The van der Waals surface area contributed by atoms with E-state index in [-0.39, 0.29) is 16.9 Å². The number of nitrogens with zero attached hydrogens (tertiary/aromatic N) is 2. The molecule has 1 saturated carbocycles. The van der Waals surface area contributed by atoms with Crippen LogP contribution in [0.5, 0.6) is 0 Å². The van der Waals surface area contributed by atoms with Crippen molar-refractivity contribution >= 4 is 43.9 Å². The van der Waals surface area contributed by atoms with Gasteiger partial charge in [-0.05, 0) is 18.6 Å². The number of hydrogen-bond donors (Lipinski definition) is 2. The molecule has 2 atom stereocenters. The van der Waals surface area contributed by atoms with Crippen LogP contribution in [-0.2, 0) is 10.0 Å². The van der Waals surface area contributed by atoms with Gasteiger partial charge in [-0.25, -0.2) is 18.1 Å². The first-order chi connectivity index (χ1) is 10.0. The molecule has 21 heavy (non-hydrogen) atoms. The largest absolute Gasteiger partial charge is 0.381 e. The van der Waals surface area contributed by atoms with Gasteiger partial charge in [0.25, 0.3) is 10.0 Å². The van der Waals surface area contributed by atoms with Crippen molar-refractivity contribution in [2.75, 3.05) is 11.5 Å². The first-order valence-corrected chi connectivity index (χ1v) is 10.3. The highest BCUT2D eigenvalue weighted by molar-refractivity contribution is 8.00. The molecule has 0 saturated heterocycles. The van der Waals surface area contributed by atoms with E-state index in [9.17, 15) is 8.42 Å². The molecule has 1 fully saturated rings. The Bertz CT molecular complexity index is 737. The Hall–Kier alpha value is -0.770. The zero-order chi connectivity index (χ0) is 15.0. The minimum Gasteiger partial charge on any atom is -0.381 e. The maximum Gasteiger partial charge on any atom is 0.260 e. The Morgan fingerprint density at radius 3 is 3.14 bits per heavy atom. The quantitative estimate of drug-likeness (QED) is 0.863. The van der Waals surface area contributed by atoms with Gasteiger partial charge in [-0.2, -0.15) is 11.8 Å². The average molecular weight is 347 g/mol. The van der Waals surface area contributed by atoms with E-state index < -0.39 is 10.0 Å². The highest BCUT2D eigenvalue weighted by atomic mass is 32.2. The van der Waals surface area contributed by atoms with Gasteiger partial charge in [-0.15, -0.1) is 11.3 Å². The fraction of sp³-hybridized carbons (Fsp3) is 0.583. The highest BCUT2D eigenvalue weighted by Gasteiger charge is 2.33. The molecule has 2 aromatic heterocycles. The number of thiazole rings is 1. The molecule has 2 unspecified atom stereocenters. The van der Waals surface area contributed by atoms with Gasteiger partial charge in [-0.1, -0.05) is 13.3 Å². The summed E-state index contributed by atoms with van der Waals surface area (Å²) in [5.41, 5.74) is 5.80. The van der Waals surface area contributed by atoms with Crippen molar-refractivity contribution in [2.24, 2.45) is 0 Å². The Labute approximate surface area is 132 Å². The number of sulfonamides is 1. The van der Waals surface area contributed by atoms with Crippen LogP contribution in [0.15, 0.2) is 16.6 Å². The van der Waals surface area contributed by atoms with E-state index in [2.05, 4.69) is 16.6 Å². The van der Waals surface area contributed by atoms with Crippen LogP contribution in [0.25, 0.3) is 4.96 Å². The molecule has 2 aromatic rings. The van der Waals surface area contributed by atoms with Crippen LogP contribution < -0.4 is 10.5 Å². The molecule has 6 nitrogen and oxygen atoms in total. The van der Waals surface area contributed by atoms with Crippen molar-refractivity contribution in [3.8, 4) is 0 Å². The number of nitrogen functional groups attached to an aromatic ring is 1. The van der Waals surface area contributed by atoms with E-state index in [0.717, 1.165) is 25.0 Å². The second kappa shape index (κ2) is 5.79. The van der Waals surface area contributed by atoms with Gasteiger partial charge in [-0.3, -0.25) is 4.40 Å². The molecule has 3 N–H and O–H groups in total. The van der Waals surface area contributed by atoms with Crippen LogP contribution in [0.2, 0.25) is 0 Å². The third kappa shape index (κ3) is 2.79. The van der Waals surface area contributed by atoms with Crippen LogP contribution in [0, 0.1) is 0 Å². The molecule has 3 rings (SSSR count). The fourth-order valence-electron chi connectivity index (χ4n) is 2.78. The molecule has 0 bridgehead atoms. The van der Waals surface area contributed by atoms with Crippen LogP contribution >= 0.6 is 23.1 Å². The maximum atomic E-state index is 12.7. The normalized spacial score (nSPS) is 23.1. The van der Waals surface area contributed by atoms with Crippen molar-refractivity contribution in [3.63, 3.8) is 0 Å². The third-order valence-electron chi connectivity index (χ3n) is 3.64. The molecule has 0 radical (unpaired) electrons. The smallest absolute Gasteiger partial charge is 0.260 e. The Morgan fingerprint density at radius 1 is 1.57 bits per heavy atom. The predicted octanol–water partition coefficient (Wildman–Crippen LogP) is 1.93. The van der Waals surface area contributed by atoms with E-state index in [0.29, 0.717) is 10.2 Å². The highest BCUT2D eigenvalue weighted by Crippen LogP contribution is 2.32. The number of nitrogens with two attached hydrogens (primary N) is 1. The van der Waals surface area contributed by atoms with Crippen LogP contribution in [0.3, 0.4) is 0 Å². The van der Waals surface area contributed by atoms with E-state index in [1.165, 1.54) is 11.3 Å². The summed E-state index contributed by atoms with van der Waals surface area (Å²) < 4.78 is 29.7. The monoisotopic (exact) mass is 346 g/mol. The lowest BCUT2D eigenvalue weighted by Crippen LogP contribution is -2.39. The average Bonchev–Trinajstić information content (AvgIpc) is 3.06. The van der Waals surface area contributed by atoms with Crippen LogP contribution in [0.1, 0.15) is 26.2 Å². The van der Waals surface area contributed by atoms with Gasteiger partial charge in [0.05, 0.1) is 0 Å². The molecule has 1 aliphatic carbocycles. The topological polar surface area (TPSA) is 89.5 Å². The molecule has 0 amide bonds. The summed E-state index contributed by atoms with van der Waals surface area (Å²) in [4.78, 5) is 4.70. The summed E-state index contributed by atoms with van der Waals surface area (Å²) in [5, 5.41) is 2.20. The lowest BCUT2D eigenvalue weighted by atomic mass is 10.3. The Kier molecular flexibility index (Phi) is 4.17. The summed E-state index contributed by atoms with van der Waals surface area (Å²) in [6.45, 7) is 2.10. The molecular weight excluding hydrogens is 328 g/mol. The maximum absolute atomic E-state index is 12.7. The first-order valence-electron chi connectivity index (χ1n) is 6.88. The van der Waals surface area contributed by atoms with Gasteiger partial charge in [0.1, 0.15) is 0 Å². The van der Waals surface area contributed by atoms with E-state index >= 15 is 0 Å². The second-order valence-electron chi connectivity index (χ2n) is 5.01. The number of fused-ring (bicyclic) bond motifs is 1. The Balaban J connectivity index is 1.90. The van der Waals surface area contributed by atoms with E-state index in [1.54, 1.807) is 16.0 Å². The SMILES string of the molecule is CCSC1CCCC1NS(=O)(=O)c1c(N)nc2sccn12. The zero-order valence-corrected chi connectivity index (χ0v) is 14.1. The third-order valence-corrected chi connectivity index (χ3v) is 7.25. The summed E-state index contributed by atoms with van der Waals surface area (Å²) in [6.07, 6.45) is 4.68. The number of aromatic nitrogens is 2. The van der Waals surface area contributed by atoms with Crippen LogP contribution in [0.4, 0.5) is 5.82 Å². The van der Waals surface area contributed by atoms with Crippen LogP contribution in [-0.4, -0.2) is 34.8 Å². The molecular formula is C12H18N4O2S3. The number of hydrogen-bond acceptors (Lipinski definition) is 6. The predicted molar refractivity (Wildman–Crippen MR) is 87.4 cm³/mol. The number of anilines is 1. The van der Waals surface area contributed by atoms with Crippen molar-refractivity contribution in [1.29, 1.82) is 0 Å². The molecule has 0 aliphatic heterocycles. The molecule has 1 aliphatic rings. The summed E-state index contributed by atoms with van der Waals surface area (Å²) >= 11 is 3.18. The first kappa shape index (κ1) is 15.1. The van der Waals surface area contributed by atoms with Crippen molar-refractivity contribution in [2.45, 2.75) is 42.5 Å². The number of imidazole rings is 1. The van der Waals surface area contributed by atoms with Crippen molar-refractivity contribution < 1.29 is 8.42 Å². The van der Waals surface area contributed by atoms with Crippen molar-refractivity contribution in [1.82, 2.24) is 14.1 Å². The van der Waals surface area contributed by atoms with Crippen molar-refractivity contribution in [3.05, 3.63) is 11.6 Å². The van der Waals surface area contributed by atoms with Gasteiger partial charge < -0.3 is 5.73 Å². The molecule has 9 heteroatoms. The van der Waals surface area contributed by atoms with Gasteiger partial charge in [0.15, 0.2) is 15.8 Å². The molecule has 2 heterocycles. The Morgan fingerprint density at radius 2 is 2.38 bits per heavy atom. The second-order valence-corrected chi connectivity index (χ2v) is 9.03. The van der Waals surface area contributed by atoms with E-state index in [1.807, 2.05) is 11.8 Å². The fourth-order valence-corrected chi connectivity index (χ4v) is 6.36. The standard InChI is InChI=1S/C12H18N4O2S3/c1-2-19-9-5-3-4-8(9)15-21(17,18)11-10(13)14-12-16(11)6-7-20-12/h6-9,15H,2-5,13H2,1H3. The minimum atomic E-state index is -3.66. The summed E-state index contributed by atoms with van der Waals surface area (Å²) in [5.74, 6) is 1.05. The zero-order valence-electron chi connectivity index (χ0n) is 11.7. The molecule has 0 aromatic carbocycles. The number of nitrogens with one attached hydrogen (secondary N) is 1. The molecule has 0 spiro atoms. The lowest BCUT2D eigenvalue weighted by Gasteiger charge is -2.19. The van der Waals surface area contributed by atoms with Gasteiger partial charge >= 0.3 is 0 Å². The number of thioether (sulfide) groups is 1. The van der Waals surface area contributed by atoms with Gasteiger partial charge in [0.2, 0.25) is 0 Å². The summed E-state index contributed by atoms with van der Waals surface area (Å²) in [7, 11) is -3.66. The molecule has 116 valence electrons. The number of rotatable bonds is 5.